The molecule has 0 spiro atoms. The fraction of sp³-hybridized carbons (Fsp3) is 0.368. The number of rotatable bonds is 8. The number of esters is 1. The molecule has 1 N–H and O–H groups in total. The van der Waals surface area contributed by atoms with Crippen LogP contribution in [0.25, 0.3) is 0 Å². The average molecular weight is 388 g/mol. The zero-order valence-corrected chi connectivity index (χ0v) is 16.6. The predicted octanol–water partition coefficient (Wildman–Crippen LogP) is 1.97. The summed E-state index contributed by atoms with van der Waals surface area (Å²) in [6.07, 6.45) is 0.470. The number of nitrogens with one attached hydrogen (secondary N) is 1. The van der Waals surface area contributed by atoms with Gasteiger partial charge in [0, 0.05) is 7.05 Å². The first-order valence-electron chi connectivity index (χ1n) is 8.61. The highest BCUT2D eigenvalue weighted by atomic mass is 16.7. The number of anilines is 1. The molecule has 9 heteroatoms. The minimum atomic E-state index is -0.985. The van der Waals surface area contributed by atoms with Crippen molar-refractivity contribution in [2.45, 2.75) is 26.9 Å². The lowest BCUT2D eigenvalue weighted by Crippen LogP contribution is -2.31. The molecule has 0 aliphatic carbocycles. The summed E-state index contributed by atoms with van der Waals surface area (Å²) < 4.78 is 11.8. The molecule has 0 bridgehead atoms. The van der Waals surface area contributed by atoms with Crippen molar-refractivity contribution in [2.75, 3.05) is 19.0 Å². The minimum Gasteiger partial charge on any atom is -0.497 e. The fourth-order valence-corrected chi connectivity index (χ4v) is 2.34. The Morgan fingerprint density at radius 3 is 2.54 bits per heavy atom. The highest BCUT2D eigenvalue weighted by Crippen LogP contribution is 2.18. The molecule has 2 aromatic rings. The van der Waals surface area contributed by atoms with Gasteiger partial charge < -0.3 is 19.6 Å². The Balaban J connectivity index is 1.78. The number of nitrogens with zero attached hydrogens (tertiary/aromatic N) is 3. The zero-order valence-electron chi connectivity index (χ0n) is 16.6. The lowest BCUT2D eigenvalue weighted by molar-refractivity contribution is -0.157. The van der Waals surface area contributed by atoms with Gasteiger partial charge in [0.1, 0.15) is 5.75 Å². The molecule has 0 fully saturated rings. The molecule has 150 valence electrons. The number of carbonyl (C=O) groups is 2. The van der Waals surface area contributed by atoms with Crippen molar-refractivity contribution in [2.24, 2.45) is 12.2 Å². The third kappa shape index (κ3) is 5.57. The number of amides is 1. The van der Waals surface area contributed by atoms with Crippen LogP contribution < -0.4 is 10.1 Å². The lowest BCUT2D eigenvalue weighted by atomic mass is 10.2. The highest BCUT2D eigenvalue weighted by Gasteiger charge is 2.21. The van der Waals surface area contributed by atoms with E-state index in [2.05, 4.69) is 15.6 Å². The van der Waals surface area contributed by atoms with Crippen LogP contribution >= 0.6 is 0 Å². The Kier molecular flexibility index (Phi) is 7.14. The van der Waals surface area contributed by atoms with Crippen LogP contribution in [0.5, 0.6) is 5.75 Å². The summed E-state index contributed by atoms with van der Waals surface area (Å²) in [6.45, 7) is 4.69. The van der Waals surface area contributed by atoms with Crippen molar-refractivity contribution in [1.29, 1.82) is 0 Å². The topological polar surface area (TPSA) is 104 Å². The Hall–Kier alpha value is -3.36. The lowest BCUT2D eigenvalue weighted by Gasteiger charge is -2.13. The molecule has 9 nitrogen and oxygen atoms in total. The Morgan fingerprint density at radius 2 is 1.96 bits per heavy atom. The van der Waals surface area contributed by atoms with Gasteiger partial charge >= 0.3 is 5.97 Å². The van der Waals surface area contributed by atoms with E-state index in [0.29, 0.717) is 11.4 Å². The maximum Gasteiger partial charge on any atom is 0.347 e. The maximum atomic E-state index is 12.2. The van der Waals surface area contributed by atoms with Crippen LogP contribution in [0.3, 0.4) is 0 Å². The number of benzene rings is 1. The molecular weight excluding hydrogens is 364 g/mol. The molecule has 0 radical (unpaired) electrons. The molecule has 1 aromatic carbocycles. The van der Waals surface area contributed by atoms with Gasteiger partial charge in [0.15, 0.2) is 6.10 Å². The van der Waals surface area contributed by atoms with Gasteiger partial charge in [-0.3, -0.25) is 9.48 Å². The monoisotopic (exact) mass is 388 g/mol. The van der Waals surface area contributed by atoms with Gasteiger partial charge in [-0.1, -0.05) is 5.16 Å². The fourth-order valence-electron chi connectivity index (χ4n) is 2.34. The summed E-state index contributed by atoms with van der Waals surface area (Å²) in [5.41, 5.74) is 2.88. The van der Waals surface area contributed by atoms with Crippen LogP contribution in [0.4, 0.5) is 5.69 Å². The predicted molar refractivity (Wildman–Crippen MR) is 103 cm³/mol. The van der Waals surface area contributed by atoms with Crippen molar-refractivity contribution >= 4 is 23.8 Å². The van der Waals surface area contributed by atoms with E-state index in [0.717, 1.165) is 17.0 Å². The number of hydrogen-bond donors (Lipinski definition) is 1. The van der Waals surface area contributed by atoms with E-state index in [9.17, 15) is 9.59 Å². The highest BCUT2D eigenvalue weighted by molar-refractivity contribution is 5.96. The largest absolute Gasteiger partial charge is 0.497 e. The maximum absolute atomic E-state index is 12.2. The van der Waals surface area contributed by atoms with E-state index >= 15 is 0 Å². The van der Waals surface area contributed by atoms with Gasteiger partial charge in [-0.05, 0) is 50.6 Å². The second kappa shape index (κ2) is 9.54. The van der Waals surface area contributed by atoms with E-state index in [-0.39, 0.29) is 0 Å². The number of hydrogen-bond acceptors (Lipinski definition) is 7. The molecule has 28 heavy (non-hydrogen) atoms. The van der Waals surface area contributed by atoms with Gasteiger partial charge in [-0.25, -0.2) is 4.79 Å². The molecule has 0 aliphatic heterocycles. The van der Waals surface area contributed by atoms with Crippen molar-refractivity contribution in [1.82, 2.24) is 9.78 Å². The number of methoxy groups -OCH3 is 1. The summed E-state index contributed by atoms with van der Waals surface area (Å²) >= 11 is 0. The average Bonchev–Trinajstić information content (AvgIpc) is 2.91. The normalized spacial score (nSPS) is 11.9. The minimum absolute atomic E-state index is 0.408. The first kappa shape index (κ1) is 20.9. The van der Waals surface area contributed by atoms with Crippen LogP contribution in [0.1, 0.15) is 23.9 Å². The van der Waals surface area contributed by atoms with E-state index < -0.39 is 24.6 Å². The van der Waals surface area contributed by atoms with Crippen LogP contribution in [-0.4, -0.2) is 47.7 Å². The molecule has 0 unspecified atom stereocenters. The zero-order chi connectivity index (χ0) is 20.7. The molecule has 1 aromatic heterocycles. The second-order valence-electron chi connectivity index (χ2n) is 6.07. The molecular formula is C19H24N4O5. The summed E-state index contributed by atoms with van der Waals surface area (Å²) in [4.78, 5) is 28.9. The summed E-state index contributed by atoms with van der Waals surface area (Å²) in [5, 5.41) is 10.6. The van der Waals surface area contributed by atoms with Crippen molar-refractivity contribution in [3.8, 4) is 5.75 Å². The van der Waals surface area contributed by atoms with E-state index in [1.165, 1.54) is 13.1 Å². The smallest absolute Gasteiger partial charge is 0.347 e. The number of aryl methyl sites for hydroxylation is 2. The summed E-state index contributed by atoms with van der Waals surface area (Å²) in [5.74, 6) is -0.422. The Bertz CT molecular complexity index is 858. The van der Waals surface area contributed by atoms with Crippen LogP contribution in [0.15, 0.2) is 29.4 Å². The third-order valence-corrected chi connectivity index (χ3v) is 4.01. The van der Waals surface area contributed by atoms with Crippen molar-refractivity contribution in [3.63, 3.8) is 0 Å². The van der Waals surface area contributed by atoms with Gasteiger partial charge in [0.25, 0.3) is 5.91 Å². The SMILES string of the molecule is COc1ccc(/C=N\OCC(=O)O[C@@H](C)C(=O)Nc2c(C)nn(C)c2C)cc1. The second-order valence-corrected chi connectivity index (χ2v) is 6.07. The number of ether oxygens (including phenoxy) is 2. The first-order valence-corrected chi connectivity index (χ1v) is 8.61. The van der Waals surface area contributed by atoms with Crippen LogP contribution in [0.2, 0.25) is 0 Å². The number of oxime groups is 1. The Labute approximate surface area is 163 Å². The van der Waals surface area contributed by atoms with Gasteiger partial charge in [0.2, 0.25) is 6.61 Å². The van der Waals surface area contributed by atoms with Crippen LogP contribution in [0, 0.1) is 13.8 Å². The Morgan fingerprint density at radius 1 is 1.29 bits per heavy atom. The van der Waals surface area contributed by atoms with E-state index in [1.807, 2.05) is 6.92 Å². The number of carbonyl (C=O) groups excluding carboxylic acids is 2. The van der Waals surface area contributed by atoms with E-state index in [1.54, 1.807) is 50.0 Å². The molecule has 1 atom stereocenters. The molecule has 0 saturated carbocycles. The van der Waals surface area contributed by atoms with Gasteiger partial charge in [-0.2, -0.15) is 5.10 Å². The molecule has 0 saturated heterocycles. The number of aromatic nitrogens is 2. The van der Waals surface area contributed by atoms with Crippen molar-refractivity contribution in [3.05, 3.63) is 41.2 Å². The summed E-state index contributed by atoms with van der Waals surface area (Å²) in [7, 11) is 3.36. The van der Waals surface area contributed by atoms with Crippen LogP contribution in [-0.2, 0) is 26.2 Å². The third-order valence-electron chi connectivity index (χ3n) is 4.01. The van der Waals surface area contributed by atoms with Gasteiger partial charge in [0.05, 0.1) is 30.4 Å². The molecule has 1 amide bonds. The molecule has 1 heterocycles. The van der Waals surface area contributed by atoms with Crippen molar-refractivity contribution < 1.29 is 23.9 Å². The first-order chi connectivity index (χ1) is 13.3. The van der Waals surface area contributed by atoms with E-state index in [4.69, 9.17) is 14.3 Å². The van der Waals surface area contributed by atoms with Gasteiger partial charge in [-0.15, -0.1) is 0 Å². The molecule has 0 aliphatic rings. The standard InChI is InChI=1S/C19H24N4O5/c1-12-18(13(2)23(4)22-12)21-19(25)14(3)28-17(24)11-27-20-10-15-6-8-16(26-5)9-7-15/h6-10,14H,11H2,1-5H3,(H,21,25)/b20-10-/t14-/m0/s1. The molecule has 2 rings (SSSR count). The summed E-state index contributed by atoms with van der Waals surface area (Å²) in [6, 6.07) is 7.14. The quantitative estimate of drug-likeness (QED) is 0.421.